The van der Waals surface area contributed by atoms with Crippen molar-refractivity contribution in [3.05, 3.63) is 0 Å². The van der Waals surface area contributed by atoms with Gasteiger partial charge >= 0.3 is 39.5 Å². The molecule has 0 aromatic carbocycles. The van der Waals surface area contributed by atoms with Crippen LogP contribution in [0.2, 0.25) is 0 Å². The number of aliphatic hydroxyl groups is 1. The van der Waals surface area contributed by atoms with Gasteiger partial charge in [0.15, 0.2) is 12.2 Å². The first-order chi connectivity index (χ1) is 51.9. The molecule has 636 valence electrons. The van der Waals surface area contributed by atoms with Crippen molar-refractivity contribution >= 4 is 39.5 Å². The van der Waals surface area contributed by atoms with Crippen LogP contribution < -0.4 is 0 Å². The molecular formula is C88H172O17P2. The second-order valence-electron chi connectivity index (χ2n) is 32.4. The molecule has 0 heterocycles. The predicted octanol–water partition coefficient (Wildman–Crippen LogP) is 27.0. The van der Waals surface area contributed by atoms with E-state index in [-0.39, 0.29) is 25.7 Å². The van der Waals surface area contributed by atoms with Crippen LogP contribution >= 0.6 is 15.6 Å². The normalized spacial score (nSPS) is 14.0. The standard InChI is InChI=1S/C88H172O17P2/c1-7-10-12-14-16-18-20-21-28-36-42-48-54-60-66-72-87(92)104-83(76-98-85(90)70-64-58-52-46-38-19-17-15-13-11-8-2)78-102-106(94,95)100-74-82(89)75-101-107(96,97)103-79-84(77-99-86(91)71-65-59-53-47-41-35-31-27-26-29-33-39-44-50-56-62-68-80(4)5)105-88(93)73-67-61-55-49-43-37-32-25-23-22-24-30-34-40-45-51-57-63-69-81(6)9-3/h80-84,89H,7-79H2,1-6H3,(H,94,95)(H,96,97)/t81?,82-,83+,84+/m0/s1. The third kappa shape index (κ3) is 80.5. The summed E-state index contributed by atoms with van der Waals surface area (Å²) >= 11 is 0. The molecule has 19 heteroatoms. The van der Waals surface area contributed by atoms with Crippen LogP contribution in [0.5, 0.6) is 0 Å². The van der Waals surface area contributed by atoms with Crippen molar-refractivity contribution in [1.29, 1.82) is 0 Å². The minimum atomic E-state index is -4.97. The summed E-state index contributed by atoms with van der Waals surface area (Å²) in [5.41, 5.74) is 0. The van der Waals surface area contributed by atoms with Crippen LogP contribution in [0.4, 0.5) is 0 Å². The SMILES string of the molecule is CCCCCCCCCCCCCCCCCC(=O)O[C@H](COC(=O)CCCCCCCCCCCCC)COP(=O)(O)OC[C@H](O)COP(=O)(O)OC[C@@H](COC(=O)CCCCCCCCCCCCCCCCCCC(C)C)OC(=O)CCCCCCCCCCCCCCCCCCCCC(C)CC. The van der Waals surface area contributed by atoms with Gasteiger partial charge in [-0.2, -0.15) is 0 Å². The second-order valence-corrected chi connectivity index (χ2v) is 35.3. The molecule has 0 aliphatic carbocycles. The van der Waals surface area contributed by atoms with Crippen LogP contribution in [-0.4, -0.2) is 96.7 Å². The van der Waals surface area contributed by atoms with Gasteiger partial charge < -0.3 is 33.8 Å². The van der Waals surface area contributed by atoms with Gasteiger partial charge in [0.1, 0.15) is 19.3 Å². The maximum Gasteiger partial charge on any atom is 0.472 e. The second kappa shape index (κ2) is 79.3. The molecule has 0 aliphatic heterocycles. The Bertz CT molecular complexity index is 2050. The molecule has 0 rings (SSSR count). The Morgan fingerprint density at radius 1 is 0.271 bits per heavy atom. The van der Waals surface area contributed by atoms with Gasteiger partial charge in [0.2, 0.25) is 0 Å². The highest BCUT2D eigenvalue weighted by atomic mass is 31.2. The number of hydrogen-bond donors (Lipinski definition) is 3. The van der Waals surface area contributed by atoms with Gasteiger partial charge in [0, 0.05) is 25.7 Å². The molecule has 0 bridgehead atoms. The van der Waals surface area contributed by atoms with Gasteiger partial charge in [-0.15, -0.1) is 0 Å². The first-order valence-corrected chi connectivity index (χ1v) is 48.5. The summed E-state index contributed by atoms with van der Waals surface area (Å²) in [7, 11) is -9.93. The number of carbonyl (C=O) groups is 4. The summed E-state index contributed by atoms with van der Waals surface area (Å²) in [6.45, 7) is 9.78. The fourth-order valence-electron chi connectivity index (χ4n) is 13.7. The largest absolute Gasteiger partial charge is 0.472 e. The quantitative estimate of drug-likeness (QED) is 0.0222. The lowest BCUT2D eigenvalue weighted by Crippen LogP contribution is -2.30. The van der Waals surface area contributed by atoms with E-state index in [9.17, 15) is 43.2 Å². The Morgan fingerprint density at radius 3 is 0.710 bits per heavy atom. The van der Waals surface area contributed by atoms with Gasteiger partial charge in [-0.25, -0.2) is 9.13 Å². The first kappa shape index (κ1) is 105. The molecule has 0 saturated carbocycles. The Balaban J connectivity index is 5.23. The molecule has 0 aliphatic rings. The van der Waals surface area contributed by atoms with E-state index in [2.05, 4.69) is 41.5 Å². The monoisotopic (exact) mass is 1560 g/mol. The number of unbranched alkanes of at least 4 members (excludes halogenated alkanes) is 56. The van der Waals surface area contributed by atoms with Gasteiger partial charge in [-0.3, -0.25) is 37.3 Å². The fourth-order valence-corrected chi connectivity index (χ4v) is 15.3. The number of rotatable bonds is 87. The summed E-state index contributed by atoms with van der Waals surface area (Å²) in [6, 6.07) is 0. The molecule has 3 unspecified atom stereocenters. The van der Waals surface area contributed by atoms with Crippen molar-refractivity contribution < 1.29 is 80.2 Å². The molecule has 0 fully saturated rings. The Kier molecular flexibility index (Phi) is 77.9. The zero-order valence-corrected chi connectivity index (χ0v) is 72.2. The lowest BCUT2D eigenvalue weighted by Gasteiger charge is -2.21. The smallest absolute Gasteiger partial charge is 0.462 e. The third-order valence-electron chi connectivity index (χ3n) is 21.1. The fraction of sp³-hybridized carbons (Fsp3) is 0.955. The molecule has 0 aromatic rings. The van der Waals surface area contributed by atoms with Crippen molar-refractivity contribution in [2.24, 2.45) is 11.8 Å². The summed E-state index contributed by atoms with van der Waals surface area (Å²) < 4.78 is 69.0. The summed E-state index contributed by atoms with van der Waals surface area (Å²) in [5.74, 6) is -0.414. The molecule has 6 atom stereocenters. The average molecular weight is 1560 g/mol. The van der Waals surface area contributed by atoms with Gasteiger partial charge in [-0.1, -0.05) is 420 Å². The predicted molar refractivity (Wildman–Crippen MR) is 442 cm³/mol. The van der Waals surface area contributed by atoms with E-state index < -0.39 is 97.5 Å². The van der Waals surface area contributed by atoms with Crippen molar-refractivity contribution in [2.45, 2.75) is 490 Å². The highest BCUT2D eigenvalue weighted by Crippen LogP contribution is 2.45. The maximum absolute atomic E-state index is 13.2. The van der Waals surface area contributed by atoms with Crippen molar-refractivity contribution in [3.63, 3.8) is 0 Å². The topological polar surface area (TPSA) is 237 Å². The van der Waals surface area contributed by atoms with E-state index in [0.29, 0.717) is 25.7 Å². The molecule has 107 heavy (non-hydrogen) atoms. The third-order valence-corrected chi connectivity index (χ3v) is 23.0. The zero-order chi connectivity index (χ0) is 78.5. The number of phosphoric ester groups is 2. The van der Waals surface area contributed by atoms with E-state index in [1.807, 2.05) is 0 Å². The van der Waals surface area contributed by atoms with E-state index >= 15 is 0 Å². The van der Waals surface area contributed by atoms with Crippen LogP contribution in [-0.2, 0) is 65.4 Å². The minimum absolute atomic E-state index is 0.109. The molecule has 0 saturated heterocycles. The van der Waals surface area contributed by atoms with Crippen molar-refractivity contribution in [1.82, 2.24) is 0 Å². The minimum Gasteiger partial charge on any atom is -0.462 e. The maximum atomic E-state index is 13.2. The molecule has 0 spiro atoms. The molecule has 0 aromatic heterocycles. The van der Waals surface area contributed by atoms with Crippen molar-refractivity contribution in [3.8, 4) is 0 Å². The summed E-state index contributed by atoms with van der Waals surface area (Å²) in [4.78, 5) is 73.3. The van der Waals surface area contributed by atoms with Gasteiger partial charge in [-0.05, 0) is 37.5 Å². The first-order valence-electron chi connectivity index (χ1n) is 45.5. The van der Waals surface area contributed by atoms with Crippen LogP contribution in [0.15, 0.2) is 0 Å². The molecule has 3 N–H and O–H groups in total. The number of esters is 4. The molecular weight excluding hydrogens is 1390 g/mol. The molecule has 0 amide bonds. The zero-order valence-electron chi connectivity index (χ0n) is 70.5. The summed E-state index contributed by atoms with van der Waals surface area (Å²) in [5, 5.41) is 10.7. The van der Waals surface area contributed by atoms with E-state index in [1.165, 1.54) is 289 Å². The number of ether oxygens (including phenoxy) is 4. The Morgan fingerprint density at radius 2 is 0.477 bits per heavy atom. The highest BCUT2D eigenvalue weighted by Gasteiger charge is 2.31. The average Bonchev–Trinajstić information content (AvgIpc) is 0.901. The lowest BCUT2D eigenvalue weighted by molar-refractivity contribution is -0.161. The Labute approximate surface area is 658 Å². The van der Waals surface area contributed by atoms with Crippen LogP contribution in [0.3, 0.4) is 0 Å². The number of hydrogen-bond acceptors (Lipinski definition) is 15. The molecule has 0 radical (unpaired) electrons. The summed E-state index contributed by atoms with van der Waals surface area (Å²) in [6.07, 6.45) is 72.1. The highest BCUT2D eigenvalue weighted by molar-refractivity contribution is 7.47. The number of phosphoric acid groups is 2. The van der Waals surface area contributed by atoms with Crippen LogP contribution in [0.1, 0.15) is 472 Å². The van der Waals surface area contributed by atoms with Crippen LogP contribution in [0, 0.1) is 11.8 Å². The number of carbonyl (C=O) groups excluding carboxylic acids is 4. The van der Waals surface area contributed by atoms with E-state index in [4.69, 9.17) is 37.0 Å². The molecule has 17 nitrogen and oxygen atoms in total. The van der Waals surface area contributed by atoms with Gasteiger partial charge in [0.25, 0.3) is 0 Å². The van der Waals surface area contributed by atoms with Gasteiger partial charge in [0.05, 0.1) is 26.4 Å². The van der Waals surface area contributed by atoms with E-state index in [0.717, 1.165) is 102 Å². The van der Waals surface area contributed by atoms with E-state index in [1.54, 1.807) is 0 Å². The Hall–Kier alpha value is -1.94. The van der Waals surface area contributed by atoms with Crippen LogP contribution in [0.25, 0.3) is 0 Å². The lowest BCUT2D eigenvalue weighted by atomic mass is 9.99. The number of aliphatic hydroxyl groups excluding tert-OH is 1. The van der Waals surface area contributed by atoms with Crippen molar-refractivity contribution in [2.75, 3.05) is 39.6 Å².